The number of hydrogen-bond donors (Lipinski definition) is 1. The van der Waals surface area contributed by atoms with Gasteiger partial charge in [-0.1, -0.05) is 35.9 Å². The summed E-state index contributed by atoms with van der Waals surface area (Å²) in [4.78, 5) is 12.9. The smallest absolute Gasteiger partial charge is 0.340 e. The summed E-state index contributed by atoms with van der Waals surface area (Å²) in [5.74, 6) is -1.97. The highest BCUT2D eigenvalue weighted by atomic mass is 19.1. The third-order valence-corrected chi connectivity index (χ3v) is 3.12. The highest BCUT2D eigenvalue weighted by molar-refractivity contribution is 5.94. The fourth-order valence-corrected chi connectivity index (χ4v) is 2.21. The van der Waals surface area contributed by atoms with Crippen LogP contribution in [0.2, 0.25) is 0 Å². The number of carboxylic acids is 1. The van der Waals surface area contributed by atoms with Crippen LogP contribution in [0, 0.1) is 12.7 Å². The summed E-state index contributed by atoms with van der Waals surface area (Å²) in [7, 11) is 1.75. The number of carboxylic acid groups (broad SMARTS) is 1. The van der Waals surface area contributed by atoms with Crippen LogP contribution in [-0.2, 0) is 6.54 Å². The first kappa shape index (κ1) is 14.1. The quantitative estimate of drug-likeness (QED) is 0.927. The van der Waals surface area contributed by atoms with E-state index in [1.165, 1.54) is 6.07 Å². The van der Waals surface area contributed by atoms with Crippen molar-refractivity contribution in [2.24, 2.45) is 0 Å². The van der Waals surface area contributed by atoms with E-state index in [0.717, 1.165) is 17.2 Å². The molecule has 0 saturated carbocycles. The lowest BCUT2D eigenvalue weighted by molar-refractivity contribution is 0.0692. The first-order valence-corrected chi connectivity index (χ1v) is 6.27. The Labute approximate surface area is 117 Å². The molecule has 2 rings (SSSR count). The molecule has 0 fully saturated rings. The summed E-state index contributed by atoms with van der Waals surface area (Å²) in [6, 6.07) is 12.2. The van der Waals surface area contributed by atoms with Crippen LogP contribution in [0.3, 0.4) is 0 Å². The molecule has 0 amide bonds. The Morgan fingerprint density at radius 2 is 1.95 bits per heavy atom. The van der Waals surface area contributed by atoms with E-state index in [1.807, 2.05) is 31.2 Å². The van der Waals surface area contributed by atoms with Crippen LogP contribution >= 0.6 is 0 Å². The van der Waals surface area contributed by atoms with Gasteiger partial charge in [-0.15, -0.1) is 0 Å². The van der Waals surface area contributed by atoms with Gasteiger partial charge in [0.15, 0.2) is 0 Å². The molecule has 0 atom stereocenters. The van der Waals surface area contributed by atoms with Crippen LogP contribution in [0.15, 0.2) is 42.5 Å². The zero-order chi connectivity index (χ0) is 14.7. The maximum absolute atomic E-state index is 13.7. The second kappa shape index (κ2) is 5.74. The molecule has 20 heavy (non-hydrogen) atoms. The molecule has 1 N–H and O–H groups in total. The van der Waals surface area contributed by atoms with Crippen molar-refractivity contribution in [1.29, 1.82) is 0 Å². The second-order valence-electron chi connectivity index (χ2n) is 4.78. The van der Waals surface area contributed by atoms with Gasteiger partial charge in [0.2, 0.25) is 0 Å². The Kier molecular flexibility index (Phi) is 4.03. The topological polar surface area (TPSA) is 40.5 Å². The standard InChI is InChI=1S/C16H16FNO2/c1-11-5-3-6-12(9-11)10-18(2)14-8-4-7-13(17)15(14)16(19)20/h3-9H,10H2,1-2H3,(H,19,20). The van der Waals surface area contributed by atoms with E-state index in [2.05, 4.69) is 0 Å². The summed E-state index contributed by atoms with van der Waals surface area (Å²) in [5.41, 5.74) is 2.27. The van der Waals surface area contributed by atoms with Gasteiger partial charge in [0.05, 0.1) is 5.69 Å². The predicted octanol–water partition coefficient (Wildman–Crippen LogP) is 3.47. The highest BCUT2D eigenvalue weighted by Crippen LogP contribution is 2.24. The fraction of sp³-hybridized carbons (Fsp3) is 0.188. The van der Waals surface area contributed by atoms with E-state index < -0.39 is 11.8 Å². The van der Waals surface area contributed by atoms with Gasteiger partial charge in [-0.25, -0.2) is 9.18 Å². The minimum Gasteiger partial charge on any atom is -0.478 e. The van der Waals surface area contributed by atoms with Crippen LogP contribution in [0.4, 0.5) is 10.1 Å². The third kappa shape index (κ3) is 2.96. The molecule has 0 aliphatic rings. The molecule has 2 aromatic carbocycles. The van der Waals surface area contributed by atoms with Gasteiger partial charge in [0.25, 0.3) is 0 Å². The zero-order valence-electron chi connectivity index (χ0n) is 11.4. The van der Waals surface area contributed by atoms with Crippen molar-refractivity contribution in [1.82, 2.24) is 0 Å². The maximum atomic E-state index is 13.7. The number of aryl methyl sites for hydroxylation is 1. The van der Waals surface area contributed by atoms with Crippen LogP contribution < -0.4 is 4.90 Å². The van der Waals surface area contributed by atoms with E-state index >= 15 is 0 Å². The number of hydrogen-bond acceptors (Lipinski definition) is 2. The molecule has 0 aliphatic carbocycles. The van der Waals surface area contributed by atoms with Crippen molar-refractivity contribution in [3.8, 4) is 0 Å². The Morgan fingerprint density at radius 1 is 1.25 bits per heavy atom. The van der Waals surface area contributed by atoms with E-state index in [1.54, 1.807) is 18.0 Å². The van der Waals surface area contributed by atoms with Crippen LogP contribution in [0.25, 0.3) is 0 Å². The van der Waals surface area contributed by atoms with Gasteiger partial charge in [-0.05, 0) is 24.6 Å². The number of aromatic carboxylic acids is 1. The predicted molar refractivity (Wildman–Crippen MR) is 76.6 cm³/mol. The number of anilines is 1. The SMILES string of the molecule is Cc1cccc(CN(C)c2cccc(F)c2C(=O)O)c1. The molecule has 2 aromatic rings. The Bertz CT molecular complexity index is 640. The summed E-state index contributed by atoms with van der Waals surface area (Å²) < 4.78 is 13.7. The molecule has 104 valence electrons. The molecular weight excluding hydrogens is 257 g/mol. The molecule has 0 saturated heterocycles. The zero-order valence-corrected chi connectivity index (χ0v) is 11.4. The van der Waals surface area contributed by atoms with Crippen molar-refractivity contribution >= 4 is 11.7 Å². The number of rotatable bonds is 4. The van der Waals surface area contributed by atoms with Gasteiger partial charge < -0.3 is 10.0 Å². The fourth-order valence-electron chi connectivity index (χ4n) is 2.21. The lowest BCUT2D eigenvalue weighted by Crippen LogP contribution is -2.20. The lowest BCUT2D eigenvalue weighted by Gasteiger charge is -2.21. The molecule has 0 bridgehead atoms. The van der Waals surface area contributed by atoms with E-state index in [9.17, 15) is 9.18 Å². The number of benzene rings is 2. The molecule has 4 heteroatoms. The van der Waals surface area contributed by atoms with Gasteiger partial charge in [-0.2, -0.15) is 0 Å². The molecule has 0 heterocycles. The van der Waals surface area contributed by atoms with E-state index in [0.29, 0.717) is 12.2 Å². The summed E-state index contributed by atoms with van der Waals surface area (Å²) >= 11 is 0. The third-order valence-electron chi connectivity index (χ3n) is 3.12. The number of halogens is 1. The van der Waals surface area contributed by atoms with E-state index in [4.69, 9.17) is 5.11 Å². The monoisotopic (exact) mass is 273 g/mol. The van der Waals surface area contributed by atoms with Crippen molar-refractivity contribution in [3.63, 3.8) is 0 Å². The van der Waals surface area contributed by atoms with Crippen molar-refractivity contribution in [2.45, 2.75) is 13.5 Å². The minimum atomic E-state index is -1.26. The Hall–Kier alpha value is -2.36. The summed E-state index contributed by atoms with van der Waals surface area (Å²) in [6.07, 6.45) is 0. The summed E-state index contributed by atoms with van der Waals surface area (Å²) in [6.45, 7) is 2.51. The Balaban J connectivity index is 2.32. The molecule has 0 aliphatic heterocycles. The van der Waals surface area contributed by atoms with Crippen LogP contribution in [-0.4, -0.2) is 18.1 Å². The van der Waals surface area contributed by atoms with Crippen molar-refractivity contribution in [2.75, 3.05) is 11.9 Å². The van der Waals surface area contributed by atoms with Crippen LogP contribution in [0.1, 0.15) is 21.5 Å². The number of nitrogens with zero attached hydrogens (tertiary/aromatic N) is 1. The van der Waals surface area contributed by atoms with Gasteiger partial charge in [0.1, 0.15) is 11.4 Å². The number of carbonyl (C=O) groups is 1. The van der Waals surface area contributed by atoms with Gasteiger partial charge >= 0.3 is 5.97 Å². The Morgan fingerprint density at radius 3 is 2.60 bits per heavy atom. The first-order chi connectivity index (χ1) is 9.49. The van der Waals surface area contributed by atoms with Gasteiger partial charge in [-0.3, -0.25) is 0 Å². The molecular formula is C16H16FNO2. The molecule has 0 radical (unpaired) electrons. The van der Waals surface area contributed by atoms with Crippen molar-refractivity contribution < 1.29 is 14.3 Å². The average molecular weight is 273 g/mol. The highest BCUT2D eigenvalue weighted by Gasteiger charge is 2.18. The molecule has 0 aromatic heterocycles. The second-order valence-corrected chi connectivity index (χ2v) is 4.78. The lowest BCUT2D eigenvalue weighted by atomic mass is 10.1. The molecule has 0 unspecified atom stereocenters. The molecule has 0 spiro atoms. The largest absolute Gasteiger partial charge is 0.478 e. The van der Waals surface area contributed by atoms with Gasteiger partial charge in [0, 0.05) is 13.6 Å². The average Bonchev–Trinajstić information content (AvgIpc) is 2.37. The normalized spacial score (nSPS) is 10.3. The summed E-state index contributed by atoms with van der Waals surface area (Å²) in [5, 5.41) is 9.14. The van der Waals surface area contributed by atoms with Crippen molar-refractivity contribution in [3.05, 3.63) is 65.0 Å². The molecule has 3 nitrogen and oxygen atoms in total. The van der Waals surface area contributed by atoms with E-state index in [-0.39, 0.29) is 5.56 Å². The minimum absolute atomic E-state index is 0.289. The first-order valence-electron chi connectivity index (χ1n) is 6.27. The maximum Gasteiger partial charge on any atom is 0.340 e. The van der Waals surface area contributed by atoms with Crippen LogP contribution in [0.5, 0.6) is 0 Å².